The molecule has 0 bridgehead atoms. The molecule has 0 aliphatic heterocycles. The topological polar surface area (TPSA) is 70.7 Å². The van der Waals surface area contributed by atoms with Crippen molar-refractivity contribution in [2.24, 2.45) is 0 Å². The van der Waals surface area contributed by atoms with Crippen LogP contribution in [0.1, 0.15) is 41.9 Å². The van der Waals surface area contributed by atoms with Crippen molar-refractivity contribution in [1.29, 1.82) is 0 Å². The van der Waals surface area contributed by atoms with Gasteiger partial charge >= 0.3 is 0 Å². The van der Waals surface area contributed by atoms with Crippen molar-refractivity contribution in [1.82, 2.24) is 20.5 Å². The van der Waals surface area contributed by atoms with E-state index in [2.05, 4.69) is 20.5 Å². The molecule has 7 heteroatoms. The predicted molar refractivity (Wildman–Crippen MR) is 78.1 cm³/mol. The van der Waals surface area contributed by atoms with E-state index in [1.165, 1.54) is 0 Å². The predicted octanol–water partition coefficient (Wildman–Crippen LogP) is 3.16. The van der Waals surface area contributed by atoms with Crippen LogP contribution in [0.15, 0.2) is 18.2 Å². The molecule has 1 atom stereocenters. The Hall–Kier alpha value is -1.59. The van der Waals surface area contributed by atoms with Gasteiger partial charge in [-0.1, -0.05) is 36.2 Å². The summed E-state index contributed by atoms with van der Waals surface area (Å²) in [5.41, 5.74) is 0.788. The first kappa shape index (κ1) is 14.8. The van der Waals surface area contributed by atoms with Crippen LogP contribution in [0.5, 0.6) is 0 Å². The molecule has 1 amide bonds. The standard InChI is InChI=1S/C13H14Cl2N4O/c1-3-11-17-12(19-18-11)13(20)16-7(2)9-5-4-8(14)6-10(9)15/h4-7H,3H2,1-2H3,(H,16,20)(H,17,18,19). The molecule has 2 rings (SSSR count). The molecule has 1 unspecified atom stereocenters. The first-order valence-corrected chi connectivity index (χ1v) is 6.94. The largest absolute Gasteiger partial charge is 0.343 e. The molecule has 0 aliphatic rings. The van der Waals surface area contributed by atoms with Gasteiger partial charge in [0.2, 0.25) is 5.82 Å². The van der Waals surface area contributed by atoms with Crippen LogP contribution in [-0.4, -0.2) is 21.1 Å². The number of benzene rings is 1. The van der Waals surface area contributed by atoms with Gasteiger partial charge in [0.05, 0.1) is 6.04 Å². The number of rotatable bonds is 4. The number of H-pyrrole nitrogens is 1. The fourth-order valence-corrected chi connectivity index (χ4v) is 2.32. The molecule has 106 valence electrons. The van der Waals surface area contributed by atoms with Gasteiger partial charge in [0, 0.05) is 16.5 Å². The lowest BCUT2D eigenvalue weighted by Gasteiger charge is -2.14. The highest BCUT2D eigenvalue weighted by atomic mass is 35.5. The van der Waals surface area contributed by atoms with E-state index in [9.17, 15) is 4.79 Å². The van der Waals surface area contributed by atoms with Gasteiger partial charge in [-0.25, -0.2) is 4.98 Å². The number of carbonyl (C=O) groups is 1. The Labute approximate surface area is 126 Å². The molecule has 2 N–H and O–H groups in total. The van der Waals surface area contributed by atoms with Crippen LogP contribution in [0.3, 0.4) is 0 Å². The zero-order chi connectivity index (χ0) is 14.7. The highest BCUT2D eigenvalue weighted by Crippen LogP contribution is 2.26. The summed E-state index contributed by atoms with van der Waals surface area (Å²) in [6.45, 7) is 3.76. The monoisotopic (exact) mass is 312 g/mol. The van der Waals surface area contributed by atoms with Crippen LogP contribution in [-0.2, 0) is 6.42 Å². The number of nitrogens with one attached hydrogen (secondary N) is 2. The van der Waals surface area contributed by atoms with Crippen LogP contribution in [0.25, 0.3) is 0 Å². The molecule has 0 aliphatic carbocycles. The van der Waals surface area contributed by atoms with E-state index in [1.807, 2.05) is 13.8 Å². The Morgan fingerprint density at radius 2 is 2.20 bits per heavy atom. The van der Waals surface area contributed by atoms with Gasteiger partial charge in [-0.05, 0) is 24.6 Å². The quantitative estimate of drug-likeness (QED) is 0.911. The maximum absolute atomic E-state index is 12.0. The summed E-state index contributed by atoms with van der Waals surface area (Å²) in [6.07, 6.45) is 0.693. The van der Waals surface area contributed by atoms with Crippen molar-refractivity contribution in [2.45, 2.75) is 26.3 Å². The van der Waals surface area contributed by atoms with Crippen molar-refractivity contribution in [2.75, 3.05) is 0 Å². The average molecular weight is 313 g/mol. The molecular formula is C13H14Cl2N4O. The van der Waals surface area contributed by atoms with E-state index in [1.54, 1.807) is 18.2 Å². The molecule has 0 radical (unpaired) electrons. The van der Waals surface area contributed by atoms with Crippen molar-refractivity contribution in [3.63, 3.8) is 0 Å². The number of nitrogens with zero attached hydrogens (tertiary/aromatic N) is 2. The number of aryl methyl sites for hydroxylation is 1. The van der Waals surface area contributed by atoms with Crippen LogP contribution >= 0.6 is 23.2 Å². The maximum Gasteiger partial charge on any atom is 0.291 e. The van der Waals surface area contributed by atoms with Crippen molar-refractivity contribution in [3.8, 4) is 0 Å². The summed E-state index contributed by atoms with van der Waals surface area (Å²) < 4.78 is 0. The molecule has 0 saturated heterocycles. The summed E-state index contributed by atoms with van der Waals surface area (Å²) in [4.78, 5) is 16.1. The minimum Gasteiger partial charge on any atom is -0.343 e. The normalized spacial score (nSPS) is 12.2. The first-order chi connectivity index (χ1) is 9.51. The van der Waals surface area contributed by atoms with E-state index >= 15 is 0 Å². The van der Waals surface area contributed by atoms with Crippen LogP contribution < -0.4 is 5.32 Å². The van der Waals surface area contributed by atoms with E-state index < -0.39 is 0 Å². The molecule has 5 nitrogen and oxygen atoms in total. The molecule has 0 saturated carbocycles. The average Bonchev–Trinajstić information content (AvgIpc) is 2.87. The van der Waals surface area contributed by atoms with Gasteiger partial charge in [0.15, 0.2) is 0 Å². The van der Waals surface area contributed by atoms with Crippen molar-refractivity contribution < 1.29 is 4.79 Å². The van der Waals surface area contributed by atoms with E-state index in [0.29, 0.717) is 22.3 Å². The molecule has 1 aromatic heterocycles. The highest BCUT2D eigenvalue weighted by molar-refractivity contribution is 6.35. The lowest BCUT2D eigenvalue weighted by Crippen LogP contribution is -2.27. The minimum absolute atomic E-state index is 0.124. The van der Waals surface area contributed by atoms with Gasteiger partial charge in [-0.3, -0.25) is 9.89 Å². The summed E-state index contributed by atoms with van der Waals surface area (Å²) >= 11 is 12.0. The summed E-state index contributed by atoms with van der Waals surface area (Å²) in [5.74, 6) is 0.450. The lowest BCUT2D eigenvalue weighted by molar-refractivity contribution is 0.0929. The Kier molecular flexibility index (Phi) is 4.62. The van der Waals surface area contributed by atoms with Gasteiger partial charge in [0.25, 0.3) is 5.91 Å². The SMILES string of the molecule is CCc1nc(C(=O)NC(C)c2ccc(Cl)cc2Cl)n[nH]1. The number of aromatic nitrogens is 3. The number of amides is 1. The zero-order valence-electron chi connectivity index (χ0n) is 11.1. The molecule has 20 heavy (non-hydrogen) atoms. The summed E-state index contributed by atoms with van der Waals surface area (Å²) in [7, 11) is 0. The maximum atomic E-state index is 12.0. The summed E-state index contributed by atoms with van der Waals surface area (Å²) in [6, 6.07) is 4.89. The molecule has 2 aromatic rings. The Bertz CT molecular complexity index is 627. The van der Waals surface area contributed by atoms with Crippen LogP contribution in [0, 0.1) is 0 Å². The second kappa shape index (κ2) is 6.24. The first-order valence-electron chi connectivity index (χ1n) is 6.18. The number of hydrogen-bond acceptors (Lipinski definition) is 3. The molecule has 0 spiro atoms. The third kappa shape index (κ3) is 3.29. The van der Waals surface area contributed by atoms with Gasteiger partial charge in [0.1, 0.15) is 5.82 Å². The number of halogens is 2. The smallest absolute Gasteiger partial charge is 0.291 e. The van der Waals surface area contributed by atoms with Crippen molar-refractivity contribution >= 4 is 29.1 Å². The van der Waals surface area contributed by atoms with Crippen LogP contribution in [0.2, 0.25) is 10.0 Å². The fraction of sp³-hybridized carbons (Fsp3) is 0.308. The third-order valence-electron chi connectivity index (χ3n) is 2.85. The Morgan fingerprint density at radius 3 is 2.80 bits per heavy atom. The summed E-state index contributed by atoms with van der Waals surface area (Å²) in [5, 5.41) is 10.4. The van der Waals surface area contributed by atoms with E-state index in [-0.39, 0.29) is 17.8 Å². The Morgan fingerprint density at radius 1 is 1.45 bits per heavy atom. The second-order valence-corrected chi connectivity index (χ2v) is 5.16. The Balaban J connectivity index is 2.10. The third-order valence-corrected chi connectivity index (χ3v) is 3.41. The molecule has 0 fully saturated rings. The number of carbonyl (C=O) groups excluding carboxylic acids is 1. The van der Waals surface area contributed by atoms with Gasteiger partial charge in [-0.15, -0.1) is 5.10 Å². The van der Waals surface area contributed by atoms with Gasteiger partial charge < -0.3 is 5.32 Å². The van der Waals surface area contributed by atoms with Crippen LogP contribution in [0.4, 0.5) is 0 Å². The molecular weight excluding hydrogens is 299 g/mol. The zero-order valence-corrected chi connectivity index (χ0v) is 12.6. The van der Waals surface area contributed by atoms with Gasteiger partial charge in [-0.2, -0.15) is 0 Å². The second-order valence-electron chi connectivity index (χ2n) is 4.32. The highest BCUT2D eigenvalue weighted by Gasteiger charge is 2.17. The molecule has 1 aromatic carbocycles. The van der Waals surface area contributed by atoms with Crippen molar-refractivity contribution in [3.05, 3.63) is 45.5 Å². The minimum atomic E-state index is -0.348. The van der Waals surface area contributed by atoms with E-state index in [0.717, 1.165) is 5.56 Å². The lowest BCUT2D eigenvalue weighted by atomic mass is 10.1. The fourth-order valence-electron chi connectivity index (χ4n) is 1.75. The van der Waals surface area contributed by atoms with E-state index in [4.69, 9.17) is 23.2 Å². The number of aromatic amines is 1. The molecule has 1 heterocycles. The number of hydrogen-bond donors (Lipinski definition) is 2.